The van der Waals surface area contributed by atoms with Crippen LogP contribution in [0.5, 0.6) is 0 Å². The van der Waals surface area contributed by atoms with Crippen molar-refractivity contribution < 1.29 is 53.1 Å². The smallest absolute Gasteiger partial charge is 0.356 e. The molecular weight excluding hydrogens is 941 g/mol. The Morgan fingerprint density at radius 1 is 0.722 bits per heavy atom. The Hall–Kier alpha value is -5.57. The fourth-order valence-corrected chi connectivity index (χ4v) is 9.90. The number of carbonyl (C=O) groups is 4. The minimum Gasteiger partial charge on any atom is -0.464 e. The molecule has 2 unspecified atom stereocenters. The van der Waals surface area contributed by atoms with Crippen LogP contribution in [0.1, 0.15) is 81.7 Å². The third-order valence-electron chi connectivity index (χ3n) is 12.6. The minimum atomic E-state index is -0.514. The molecule has 0 spiro atoms. The Morgan fingerprint density at radius 2 is 1.32 bits per heavy atom. The van der Waals surface area contributed by atoms with Gasteiger partial charge in [-0.15, -0.1) is 0 Å². The molecule has 2 amide bonds. The van der Waals surface area contributed by atoms with E-state index in [4.69, 9.17) is 23.7 Å². The Kier molecular flexibility index (Phi) is 23.1. The van der Waals surface area contributed by atoms with Crippen LogP contribution in [0.15, 0.2) is 84.9 Å². The Labute approximate surface area is 427 Å². The van der Waals surface area contributed by atoms with Gasteiger partial charge in [0, 0.05) is 70.0 Å². The molecule has 4 aromatic rings. The van der Waals surface area contributed by atoms with Gasteiger partial charge in [0.15, 0.2) is 0 Å². The van der Waals surface area contributed by atoms with E-state index in [1.807, 2.05) is 64.4 Å². The highest BCUT2D eigenvalue weighted by atomic mass is 32.2. The van der Waals surface area contributed by atoms with Crippen molar-refractivity contribution in [2.24, 2.45) is 5.92 Å². The molecule has 1 aliphatic carbocycles. The number of aliphatic hydroxyl groups excluding tert-OH is 2. The van der Waals surface area contributed by atoms with E-state index in [2.05, 4.69) is 34.4 Å². The standard InChI is InChI=1S/C54H70N6O11S/c1-39-32-41-10-4-5-11-42(41)35-60(48-17-7-6-14-45(39)48)52(64)19-18-51(63)55-20-27-69-30-31-72-38-40-33-49(70-28-23-58(21-25-61)36-43-12-8-15-46(56-43)53(65)67-2)50(34-40)71-29-24-59(22-26-62)37-44-13-9-16-47(57-44)54(66)68-3/h4-17,32,40,49-50,61-62H,18-31,33-38H2,1-3H3,(H,55,63)/b39-32-. The van der Waals surface area contributed by atoms with Crippen molar-refractivity contribution in [1.29, 1.82) is 0 Å². The molecule has 72 heavy (non-hydrogen) atoms. The van der Waals surface area contributed by atoms with Gasteiger partial charge in [-0.1, -0.05) is 60.7 Å². The van der Waals surface area contributed by atoms with Crippen molar-refractivity contribution in [3.63, 3.8) is 0 Å². The zero-order valence-corrected chi connectivity index (χ0v) is 42.6. The number of fused-ring (bicyclic) bond motifs is 2. The number of thioether (sulfide) groups is 1. The van der Waals surface area contributed by atoms with E-state index in [1.54, 1.807) is 40.9 Å². The first-order valence-corrected chi connectivity index (χ1v) is 25.8. The summed E-state index contributed by atoms with van der Waals surface area (Å²) in [6, 6.07) is 26.4. The molecule has 1 fully saturated rings. The summed E-state index contributed by atoms with van der Waals surface area (Å²) in [6.45, 7) is 7.04. The summed E-state index contributed by atoms with van der Waals surface area (Å²) in [7, 11) is 2.63. The van der Waals surface area contributed by atoms with Crippen LogP contribution < -0.4 is 10.2 Å². The van der Waals surface area contributed by atoms with E-state index in [0.29, 0.717) is 96.1 Å². The Balaban J connectivity index is 0.939. The normalized spacial score (nSPS) is 17.1. The van der Waals surface area contributed by atoms with Crippen molar-refractivity contribution in [2.75, 3.05) is 103 Å². The molecule has 2 aliphatic rings. The molecule has 1 aliphatic heterocycles. The average Bonchev–Trinajstić information content (AvgIpc) is 3.78. The molecule has 3 heterocycles. The zero-order valence-electron chi connectivity index (χ0n) is 41.7. The lowest BCUT2D eigenvalue weighted by Gasteiger charge is -2.28. The summed E-state index contributed by atoms with van der Waals surface area (Å²) in [6.07, 6.45) is 3.58. The van der Waals surface area contributed by atoms with Gasteiger partial charge in [-0.2, -0.15) is 11.8 Å². The predicted octanol–water partition coefficient (Wildman–Crippen LogP) is 5.27. The molecule has 2 atom stereocenters. The number of hydrogen-bond acceptors (Lipinski definition) is 16. The number of aromatic nitrogens is 2. The van der Waals surface area contributed by atoms with E-state index in [-0.39, 0.29) is 61.5 Å². The van der Waals surface area contributed by atoms with Gasteiger partial charge >= 0.3 is 11.9 Å². The lowest BCUT2D eigenvalue weighted by Crippen LogP contribution is -2.35. The number of benzene rings is 2. The maximum absolute atomic E-state index is 13.7. The van der Waals surface area contributed by atoms with E-state index in [0.717, 1.165) is 52.3 Å². The number of ether oxygens (including phenoxy) is 5. The number of esters is 2. The van der Waals surface area contributed by atoms with Crippen molar-refractivity contribution in [1.82, 2.24) is 25.1 Å². The first-order valence-electron chi connectivity index (χ1n) is 24.6. The number of hydrogen-bond donors (Lipinski definition) is 3. The van der Waals surface area contributed by atoms with Gasteiger partial charge in [-0.25, -0.2) is 19.6 Å². The molecule has 2 aromatic carbocycles. The van der Waals surface area contributed by atoms with Gasteiger partial charge in [-0.3, -0.25) is 19.4 Å². The Bertz CT molecular complexity index is 2320. The number of aliphatic hydroxyl groups is 2. The number of rotatable bonds is 29. The van der Waals surface area contributed by atoms with Crippen LogP contribution in [0.3, 0.4) is 0 Å². The molecule has 388 valence electrons. The summed E-state index contributed by atoms with van der Waals surface area (Å²) in [5.74, 6) is 0.653. The molecule has 17 nitrogen and oxygen atoms in total. The number of carbonyl (C=O) groups excluding carboxylic acids is 4. The molecule has 0 saturated heterocycles. The molecule has 6 rings (SSSR count). The number of allylic oxidation sites excluding steroid dienone is 1. The minimum absolute atomic E-state index is 0.0533. The van der Waals surface area contributed by atoms with Gasteiger partial charge in [0.25, 0.3) is 0 Å². The van der Waals surface area contributed by atoms with E-state index in [9.17, 15) is 29.4 Å². The average molecular weight is 1010 g/mol. The third kappa shape index (κ3) is 17.3. The summed E-state index contributed by atoms with van der Waals surface area (Å²) in [5.41, 5.74) is 6.83. The molecule has 18 heteroatoms. The lowest BCUT2D eigenvalue weighted by atomic mass is 9.96. The number of amides is 2. The van der Waals surface area contributed by atoms with Crippen LogP contribution >= 0.6 is 11.8 Å². The molecule has 0 bridgehead atoms. The van der Waals surface area contributed by atoms with Gasteiger partial charge in [0.2, 0.25) is 11.8 Å². The van der Waals surface area contributed by atoms with E-state index >= 15 is 0 Å². The van der Waals surface area contributed by atoms with E-state index in [1.165, 1.54) is 14.2 Å². The largest absolute Gasteiger partial charge is 0.464 e. The highest BCUT2D eigenvalue weighted by Crippen LogP contribution is 2.35. The van der Waals surface area contributed by atoms with Crippen molar-refractivity contribution >= 4 is 52.9 Å². The van der Waals surface area contributed by atoms with Gasteiger partial charge in [0.05, 0.1) is 89.7 Å². The van der Waals surface area contributed by atoms with Gasteiger partial charge < -0.3 is 44.1 Å². The van der Waals surface area contributed by atoms with Crippen LogP contribution in [0, 0.1) is 5.92 Å². The summed E-state index contributed by atoms with van der Waals surface area (Å²) < 4.78 is 28.6. The summed E-state index contributed by atoms with van der Waals surface area (Å²) in [4.78, 5) is 65.4. The second-order valence-corrected chi connectivity index (χ2v) is 18.9. The Morgan fingerprint density at radius 3 is 1.93 bits per heavy atom. The first kappa shape index (κ1) is 55.7. The maximum atomic E-state index is 13.7. The summed E-state index contributed by atoms with van der Waals surface area (Å²) in [5, 5.41) is 22.6. The molecular formula is C54H70N6O11S. The number of pyridine rings is 2. The van der Waals surface area contributed by atoms with E-state index < -0.39 is 11.9 Å². The molecule has 1 saturated carbocycles. The topological polar surface area (TPSA) is 202 Å². The predicted molar refractivity (Wildman–Crippen MR) is 276 cm³/mol. The van der Waals surface area contributed by atoms with Crippen LogP contribution in [0.4, 0.5) is 5.69 Å². The molecule has 0 radical (unpaired) electrons. The van der Waals surface area contributed by atoms with Crippen molar-refractivity contribution in [3.8, 4) is 0 Å². The van der Waals surface area contributed by atoms with Crippen molar-refractivity contribution in [3.05, 3.63) is 124 Å². The highest BCUT2D eigenvalue weighted by molar-refractivity contribution is 7.99. The second-order valence-electron chi connectivity index (χ2n) is 17.7. The SMILES string of the molecule is COC(=O)c1cccc(CN(CCO)CCOC2CC(CSCCOCCNC(=O)CCC(=O)N3Cc4ccccc4/C=C(/C)c4ccccc43)CC2OCCN(CCO)Cc2cccc(C(=O)OC)n2)n1. The van der Waals surface area contributed by atoms with Crippen molar-refractivity contribution in [2.45, 2.75) is 64.4 Å². The number of para-hydroxylation sites is 1. The third-order valence-corrected chi connectivity index (χ3v) is 13.7. The molecule has 2 aromatic heterocycles. The van der Waals surface area contributed by atoms with Crippen LogP contribution in [0.25, 0.3) is 11.6 Å². The number of methoxy groups -OCH3 is 2. The van der Waals surface area contributed by atoms with Crippen LogP contribution in [-0.2, 0) is 52.9 Å². The van der Waals surface area contributed by atoms with Crippen LogP contribution in [-0.4, -0.2) is 164 Å². The van der Waals surface area contributed by atoms with Gasteiger partial charge in [0.1, 0.15) is 11.4 Å². The van der Waals surface area contributed by atoms with Gasteiger partial charge in [-0.05, 0) is 78.5 Å². The molecule has 3 N–H and O–H groups in total. The second kappa shape index (κ2) is 29.8. The monoisotopic (exact) mass is 1010 g/mol. The highest BCUT2D eigenvalue weighted by Gasteiger charge is 2.36. The quantitative estimate of drug-likeness (QED) is 0.0469. The van der Waals surface area contributed by atoms with Crippen LogP contribution in [0.2, 0.25) is 0 Å². The summed E-state index contributed by atoms with van der Waals surface area (Å²) >= 11 is 1.80. The zero-order chi connectivity index (χ0) is 51.1. The number of anilines is 1. The first-order chi connectivity index (χ1) is 35.1. The number of nitrogens with one attached hydrogen (secondary N) is 1. The lowest BCUT2D eigenvalue weighted by molar-refractivity contribution is -0.125. The maximum Gasteiger partial charge on any atom is 0.356 e. The number of nitrogens with zero attached hydrogens (tertiary/aromatic N) is 5. The fraction of sp³-hybridized carbons (Fsp3) is 0.481. The fourth-order valence-electron chi connectivity index (χ4n) is 8.89.